The molecule has 4 unspecified atom stereocenters. The molecular weight excluding hydrogens is 234 g/mol. The third kappa shape index (κ3) is 8.36. The van der Waals surface area contributed by atoms with Crippen LogP contribution in [0.5, 0.6) is 0 Å². The Balaban J connectivity index is 4.05. The quantitative estimate of drug-likeness (QED) is 0.214. The molecule has 0 amide bonds. The van der Waals surface area contributed by atoms with Crippen LogP contribution >= 0.6 is 8.58 Å². The third-order valence-electron chi connectivity index (χ3n) is 3.95. The van der Waals surface area contributed by atoms with E-state index >= 15 is 0 Å². The lowest BCUT2D eigenvalue weighted by Crippen LogP contribution is -2.08. The molecule has 0 rings (SSSR count). The molecular formula is C16H32BP. The van der Waals surface area contributed by atoms with Crippen LogP contribution < -0.4 is 0 Å². The number of hydrogen-bond acceptors (Lipinski definition) is 0. The van der Waals surface area contributed by atoms with Gasteiger partial charge >= 0.3 is 0 Å². The predicted octanol–water partition coefficient (Wildman–Crippen LogP) is 5.44. The van der Waals surface area contributed by atoms with E-state index in [1.54, 1.807) is 0 Å². The summed E-state index contributed by atoms with van der Waals surface area (Å²) in [6, 6.07) is 0. The SMILES string of the molecule is [B]C(CCCPC)C(C)/C(C)=C\CC(C)CCC. The van der Waals surface area contributed by atoms with Gasteiger partial charge < -0.3 is 0 Å². The third-order valence-corrected chi connectivity index (χ3v) is 4.80. The summed E-state index contributed by atoms with van der Waals surface area (Å²) in [7, 11) is 7.36. The van der Waals surface area contributed by atoms with E-state index in [0.717, 1.165) is 14.5 Å². The molecule has 0 heterocycles. The second kappa shape index (κ2) is 11.1. The fourth-order valence-corrected chi connectivity index (χ4v) is 2.84. The second-order valence-corrected chi connectivity index (χ2v) is 6.98. The highest BCUT2D eigenvalue weighted by Gasteiger charge is 2.13. The standard InChI is InChI=1S/C16H32BP/c1-6-8-13(2)10-11-14(3)15(4)16(17)9-7-12-18-5/h11,13,15-16,18H,6-10,12H2,1-5H3/b14-11-. The summed E-state index contributed by atoms with van der Waals surface area (Å²) >= 11 is 0. The first-order valence-corrected chi connectivity index (χ1v) is 9.30. The van der Waals surface area contributed by atoms with Crippen molar-refractivity contribution in [3.05, 3.63) is 11.6 Å². The van der Waals surface area contributed by atoms with Crippen LogP contribution in [0.1, 0.15) is 59.8 Å². The molecule has 0 saturated carbocycles. The van der Waals surface area contributed by atoms with Crippen molar-refractivity contribution in [2.75, 3.05) is 12.8 Å². The minimum atomic E-state index is 0.346. The second-order valence-electron chi connectivity index (χ2n) is 5.78. The molecule has 0 N–H and O–H groups in total. The maximum atomic E-state index is 6.29. The van der Waals surface area contributed by atoms with Crippen LogP contribution in [0.4, 0.5) is 0 Å². The largest absolute Gasteiger partial charge is 0.125 e. The fraction of sp³-hybridized carbons (Fsp3) is 0.875. The summed E-state index contributed by atoms with van der Waals surface area (Å²) < 4.78 is 0. The molecule has 0 aromatic rings. The van der Waals surface area contributed by atoms with Gasteiger partial charge in [0, 0.05) is 0 Å². The van der Waals surface area contributed by atoms with Gasteiger partial charge in [0.15, 0.2) is 0 Å². The molecule has 2 heteroatoms. The van der Waals surface area contributed by atoms with E-state index in [1.165, 1.54) is 43.8 Å². The average Bonchev–Trinajstić information content (AvgIpc) is 2.35. The van der Waals surface area contributed by atoms with Crippen molar-refractivity contribution in [1.82, 2.24) is 0 Å². The van der Waals surface area contributed by atoms with E-state index in [0.29, 0.717) is 11.7 Å². The summed E-state index contributed by atoms with van der Waals surface area (Å²) in [4.78, 5) is 0. The van der Waals surface area contributed by atoms with Gasteiger partial charge in [0.1, 0.15) is 0 Å². The van der Waals surface area contributed by atoms with E-state index in [4.69, 9.17) is 7.85 Å². The van der Waals surface area contributed by atoms with Crippen molar-refractivity contribution in [2.45, 2.75) is 65.6 Å². The molecule has 0 spiro atoms. The summed E-state index contributed by atoms with van der Waals surface area (Å²) in [6.07, 6.45) is 10.1. The highest BCUT2D eigenvalue weighted by molar-refractivity contribution is 7.36. The molecule has 0 nitrogen and oxygen atoms in total. The zero-order valence-corrected chi connectivity index (χ0v) is 14.1. The number of hydrogen-bond donors (Lipinski definition) is 0. The molecule has 4 atom stereocenters. The van der Waals surface area contributed by atoms with Gasteiger partial charge in [-0.2, -0.15) is 0 Å². The van der Waals surface area contributed by atoms with Crippen LogP contribution in [0.25, 0.3) is 0 Å². The Kier molecular flexibility index (Phi) is 11.2. The fourth-order valence-electron chi connectivity index (χ4n) is 2.29. The minimum Gasteiger partial charge on any atom is -0.125 e. The first-order chi connectivity index (χ1) is 8.52. The Morgan fingerprint density at radius 1 is 1.28 bits per heavy atom. The lowest BCUT2D eigenvalue weighted by Gasteiger charge is -2.22. The summed E-state index contributed by atoms with van der Waals surface area (Å²) in [5, 5.41) is 0. The van der Waals surface area contributed by atoms with Gasteiger partial charge in [-0.25, -0.2) is 0 Å². The van der Waals surface area contributed by atoms with Crippen LogP contribution in [0.2, 0.25) is 5.82 Å². The normalized spacial score (nSPS) is 18.2. The zero-order valence-electron chi connectivity index (χ0n) is 13.1. The van der Waals surface area contributed by atoms with Crippen molar-refractivity contribution >= 4 is 16.4 Å². The van der Waals surface area contributed by atoms with Gasteiger partial charge in [0.05, 0.1) is 7.85 Å². The smallest absolute Gasteiger partial charge is 0.0707 e. The summed E-state index contributed by atoms with van der Waals surface area (Å²) in [5.74, 6) is 1.70. The van der Waals surface area contributed by atoms with Gasteiger partial charge in [0.2, 0.25) is 0 Å². The Morgan fingerprint density at radius 3 is 2.50 bits per heavy atom. The van der Waals surface area contributed by atoms with Crippen molar-refractivity contribution < 1.29 is 0 Å². The molecule has 2 radical (unpaired) electrons. The molecule has 0 aromatic carbocycles. The predicted molar refractivity (Wildman–Crippen MR) is 89.5 cm³/mol. The Bertz CT molecular complexity index is 225. The molecule has 0 bridgehead atoms. The molecule has 0 aliphatic heterocycles. The highest BCUT2D eigenvalue weighted by Crippen LogP contribution is 2.28. The highest BCUT2D eigenvalue weighted by atomic mass is 31.1. The van der Waals surface area contributed by atoms with E-state index < -0.39 is 0 Å². The van der Waals surface area contributed by atoms with Crippen molar-refractivity contribution in [3.63, 3.8) is 0 Å². The molecule has 104 valence electrons. The summed E-state index contributed by atoms with van der Waals surface area (Å²) in [5.41, 5.74) is 1.49. The van der Waals surface area contributed by atoms with Gasteiger partial charge in [-0.3, -0.25) is 0 Å². The van der Waals surface area contributed by atoms with Crippen molar-refractivity contribution in [2.24, 2.45) is 11.8 Å². The lowest BCUT2D eigenvalue weighted by atomic mass is 9.71. The maximum absolute atomic E-state index is 6.29. The molecule has 0 saturated heterocycles. The average molecular weight is 266 g/mol. The minimum absolute atomic E-state index is 0.346. The monoisotopic (exact) mass is 266 g/mol. The van der Waals surface area contributed by atoms with Crippen molar-refractivity contribution in [3.8, 4) is 0 Å². The van der Waals surface area contributed by atoms with Crippen LogP contribution in [0.15, 0.2) is 11.6 Å². The first-order valence-electron chi connectivity index (χ1n) is 7.59. The topological polar surface area (TPSA) is 0 Å². The molecule has 0 aliphatic carbocycles. The van der Waals surface area contributed by atoms with Gasteiger partial charge in [-0.15, -0.1) is 8.58 Å². The van der Waals surface area contributed by atoms with Gasteiger partial charge in [-0.1, -0.05) is 63.9 Å². The Hall–Kier alpha value is 0.235. The Morgan fingerprint density at radius 2 is 1.94 bits per heavy atom. The van der Waals surface area contributed by atoms with E-state index in [2.05, 4.69) is 40.4 Å². The van der Waals surface area contributed by atoms with Gasteiger partial charge in [0.25, 0.3) is 0 Å². The van der Waals surface area contributed by atoms with Gasteiger partial charge in [-0.05, 0) is 38.0 Å². The van der Waals surface area contributed by atoms with Crippen LogP contribution in [-0.4, -0.2) is 20.7 Å². The van der Waals surface area contributed by atoms with Crippen molar-refractivity contribution in [1.29, 1.82) is 0 Å². The maximum Gasteiger partial charge on any atom is 0.0707 e. The van der Waals surface area contributed by atoms with Crippen LogP contribution in [-0.2, 0) is 0 Å². The summed E-state index contributed by atoms with van der Waals surface area (Å²) in [6.45, 7) is 11.4. The zero-order chi connectivity index (χ0) is 14.0. The number of allylic oxidation sites excluding steroid dienone is 2. The van der Waals surface area contributed by atoms with E-state index in [9.17, 15) is 0 Å². The molecule has 18 heavy (non-hydrogen) atoms. The number of rotatable bonds is 10. The molecule has 0 aliphatic rings. The van der Waals surface area contributed by atoms with Crippen LogP contribution in [0, 0.1) is 11.8 Å². The van der Waals surface area contributed by atoms with Crippen LogP contribution in [0.3, 0.4) is 0 Å². The molecule has 0 fully saturated rings. The first kappa shape index (κ1) is 18.2. The Labute approximate surface area is 119 Å². The van der Waals surface area contributed by atoms with E-state index in [1.807, 2.05) is 0 Å². The molecule has 0 aromatic heterocycles. The lowest BCUT2D eigenvalue weighted by molar-refractivity contribution is 0.522. The van der Waals surface area contributed by atoms with E-state index in [-0.39, 0.29) is 0 Å².